The normalized spacial score (nSPS) is 20.3. The molecular formula is C17H25NO3S. The highest BCUT2D eigenvalue weighted by Crippen LogP contribution is 2.22. The number of nitrogens with zero attached hydrogens (tertiary/aromatic N) is 1. The van der Waals surface area contributed by atoms with Gasteiger partial charge in [0.25, 0.3) is 0 Å². The van der Waals surface area contributed by atoms with Gasteiger partial charge in [0, 0.05) is 18.5 Å². The Labute approximate surface area is 133 Å². The smallest absolute Gasteiger partial charge is 0.225 e. The van der Waals surface area contributed by atoms with Gasteiger partial charge in [-0.1, -0.05) is 45.0 Å². The molecule has 1 heterocycles. The molecule has 1 amide bonds. The van der Waals surface area contributed by atoms with E-state index < -0.39 is 9.84 Å². The first-order valence-electron chi connectivity index (χ1n) is 7.91. The highest BCUT2D eigenvalue weighted by molar-refractivity contribution is 7.91. The van der Waals surface area contributed by atoms with Crippen LogP contribution >= 0.6 is 0 Å². The highest BCUT2D eigenvalue weighted by atomic mass is 32.2. The SMILES string of the molecule is CCc1ccc(CN(C(=O)C(C)C)[C@@H]2CCS(=O)(=O)C2)cc1. The molecule has 1 aliphatic rings. The van der Waals surface area contributed by atoms with Crippen LogP contribution in [-0.4, -0.2) is 36.8 Å². The highest BCUT2D eigenvalue weighted by Gasteiger charge is 2.35. The van der Waals surface area contributed by atoms with Crippen LogP contribution in [0, 0.1) is 5.92 Å². The third-order valence-corrected chi connectivity index (χ3v) is 5.96. The Morgan fingerprint density at radius 3 is 2.27 bits per heavy atom. The Morgan fingerprint density at radius 1 is 1.23 bits per heavy atom. The standard InChI is InChI=1S/C17H25NO3S/c1-4-14-5-7-15(8-6-14)11-18(17(19)13(2)3)16-9-10-22(20,21)12-16/h5-8,13,16H,4,9-12H2,1-3H3/t16-/m1/s1. The van der Waals surface area contributed by atoms with Crippen molar-refractivity contribution in [3.63, 3.8) is 0 Å². The van der Waals surface area contributed by atoms with Crippen molar-refractivity contribution in [3.05, 3.63) is 35.4 Å². The van der Waals surface area contributed by atoms with Gasteiger partial charge in [-0.15, -0.1) is 0 Å². The minimum Gasteiger partial charge on any atom is -0.334 e. The second-order valence-corrected chi connectivity index (χ2v) is 8.58. The van der Waals surface area contributed by atoms with Crippen molar-refractivity contribution < 1.29 is 13.2 Å². The molecule has 0 unspecified atom stereocenters. The second-order valence-electron chi connectivity index (χ2n) is 6.35. The Balaban J connectivity index is 2.19. The Kier molecular flexibility index (Phi) is 5.27. The van der Waals surface area contributed by atoms with Crippen molar-refractivity contribution >= 4 is 15.7 Å². The predicted molar refractivity (Wildman–Crippen MR) is 88.3 cm³/mol. The maximum atomic E-state index is 12.5. The van der Waals surface area contributed by atoms with Crippen LogP contribution in [0.2, 0.25) is 0 Å². The Morgan fingerprint density at radius 2 is 1.82 bits per heavy atom. The third kappa shape index (κ3) is 4.09. The molecule has 5 heteroatoms. The number of aryl methyl sites for hydroxylation is 1. The molecule has 0 bridgehead atoms. The quantitative estimate of drug-likeness (QED) is 0.836. The first-order chi connectivity index (χ1) is 10.3. The summed E-state index contributed by atoms with van der Waals surface area (Å²) in [5.41, 5.74) is 2.31. The van der Waals surface area contributed by atoms with E-state index in [1.54, 1.807) is 4.90 Å². The van der Waals surface area contributed by atoms with Gasteiger partial charge in [0.1, 0.15) is 0 Å². The van der Waals surface area contributed by atoms with Crippen LogP contribution in [0.25, 0.3) is 0 Å². The van der Waals surface area contributed by atoms with Crippen molar-refractivity contribution in [1.29, 1.82) is 0 Å². The molecule has 2 rings (SSSR count). The average Bonchev–Trinajstić information content (AvgIpc) is 2.84. The van der Waals surface area contributed by atoms with Crippen molar-refractivity contribution in [3.8, 4) is 0 Å². The molecule has 0 spiro atoms. The fourth-order valence-corrected chi connectivity index (χ4v) is 4.55. The lowest BCUT2D eigenvalue weighted by Gasteiger charge is -2.30. The topological polar surface area (TPSA) is 54.5 Å². The molecule has 1 atom stereocenters. The van der Waals surface area contributed by atoms with Gasteiger partial charge in [-0.05, 0) is 24.0 Å². The first-order valence-corrected chi connectivity index (χ1v) is 9.73. The summed E-state index contributed by atoms with van der Waals surface area (Å²) < 4.78 is 23.5. The number of hydrogen-bond acceptors (Lipinski definition) is 3. The van der Waals surface area contributed by atoms with Crippen LogP contribution in [0.5, 0.6) is 0 Å². The number of carbonyl (C=O) groups excluding carboxylic acids is 1. The lowest BCUT2D eigenvalue weighted by molar-refractivity contribution is -0.137. The molecule has 0 aromatic heterocycles. The van der Waals surface area contributed by atoms with Gasteiger partial charge in [-0.3, -0.25) is 4.79 Å². The van der Waals surface area contributed by atoms with E-state index in [1.807, 2.05) is 26.0 Å². The minimum absolute atomic E-state index is 0.0293. The Hall–Kier alpha value is -1.36. The van der Waals surface area contributed by atoms with Crippen LogP contribution in [0.4, 0.5) is 0 Å². The number of benzene rings is 1. The molecule has 122 valence electrons. The van der Waals surface area contributed by atoms with Crippen molar-refractivity contribution in [2.45, 2.75) is 46.2 Å². The molecule has 4 nitrogen and oxygen atoms in total. The molecule has 0 N–H and O–H groups in total. The van der Waals surface area contributed by atoms with Gasteiger partial charge in [0.2, 0.25) is 5.91 Å². The molecule has 0 saturated carbocycles. The minimum atomic E-state index is -3.00. The van der Waals surface area contributed by atoms with Crippen LogP contribution in [0.15, 0.2) is 24.3 Å². The second kappa shape index (κ2) is 6.82. The first kappa shape index (κ1) is 17.0. The summed E-state index contributed by atoms with van der Waals surface area (Å²) in [4.78, 5) is 14.3. The van der Waals surface area contributed by atoms with Crippen LogP contribution < -0.4 is 0 Å². The van der Waals surface area contributed by atoms with Crippen LogP contribution in [-0.2, 0) is 27.6 Å². The van der Waals surface area contributed by atoms with Gasteiger partial charge in [0.15, 0.2) is 9.84 Å². The zero-order chi connectivity index (χ0) is 16.3. The zero-order valence-electron chi connectivity index (χ0n) is 13.6. The van der Waals surface area contributed by atoms with E-state index in [0.29, 0.717) is 13.0 Å². The lowest BCUT2D eigenvalue weighted by atomic mass is 10.1. The summed E-state index contributed by atoms with van der Waals surface area (Å²) in [6.45, 7) is 6.31. The summed E-state index contributed by atoms with van der Waals surface area (Å²) in [6, 6.07) is 8.01. The van der Waals surface area contributed by atoms with Crippen LogP contribution in [0.1, 0.15) is 38.3 Å². The van der Waals surface area contributed by atoms with Crippen LogP contribution in [0.3, 0.4) is 0 Å². The fraction of sp³-hybridized carbons (Fsp3) is 0.588. The van der Waals surface area contributed by atoms with Gasteiger partial charge in [-0.2, -0.15) is 0 Å². The number of sulfone groups is 1. The van der Waals surface area contributed by atoms with E-state index in [1.165, 1.54) is 5.56 Å². The summed E-state index contributed by atoms with van der Waals surface area (Å²) in [6.07, 6.45) is 1.53. The molecule has 1 aromatic rings. The predicted octanol–water partition coefficient (Wildman–Crippen LogP) is 2.42. The molecule has 22 heavy (non-hydrogen) atoms. The van der Waals surface area contributed by atoms with Gasteiger partial charge < -0.3 is 4.90 Å². The van der Waals surface area contributed by atoms with E-state index in [0.717, 1.165) is 12.0 Å². The number of amides is 1. The number of carbonyl (C=O) groups is 1. The van der Waals surface area contributed by atoms with Crippen molar-refractivity contribution in [2.24, 2.45) is 5.92 Å². The van der Waals surface area contributed by atoms with Gasteiger partial charge in [-0.25, -0.2) is 8.42 Å². The summed E-state index contributed by atoms with van der Waals surface area (Å²) in [7, 11) is -3.00. The van der Waals surface area contributed by atoms with E-state index >= 15 is 0 Å². The van der Waals surface area contributed by atoms with E-state index in [9.17, 15) is 13.2 Å². The molecule has 1 aromatic carbocycles. The summed E-state index contributed by atoms with van der Waals surface area (Å²) in [5.74, 6) is 0.187. The van der Waals surface area contributed by atoms with Gasteiger partial charge >= 0.3 is 0 Å². The molecule has 1 fully saturated rings. The molecule has 1 aliphatic heterocycles. The molecule has 0 radical (unpaired) electrons. The summed E-state index contributed by atoms with van der Waals surface area (Å²) >= 11 is 0. The number of rotatable bonds is 5. The summed E-state index contributed by atoms with van der Waals surface area (Å²) in [5, 5.41) is 0. The fourth-order valence-electron chi connectivity index (χ4n) is 2.82. The Bertz CT molecular complexity index is 620. The molecular weight excluding hydrogens is 298 g/mol. The monoisotopic (exact) mass is 323 g/mol. The van der Waals surface area contributed by atoms with E-state index in [4.69, 9.17) is 0 Å². The van der Waals surface area contributed by atoms with E-state index in [2.05, 4.69) is 19.1 Å². The van der Waals surface area contributed by atoms with E-state index in [-0.39, 0.29) is 29.4 Å². The van der Waals surface area contributed by atoms with Gasteiger partial charge in [0.05, 0.1) is 11.5 Å². The largest absolute Gasteiger partial charge is 0.334 e. The van der Waals surface area contributed by atoms with Crippen molar-refractivity contribution in [2.75, 3.05) is 11.5 Å². The molecule has 1 saturated heterocycles. The average molecular weight is 323 g/mol. The maximum absolute atomic E-state index is 12.5. The lowest BCUT2D eigenvalue weighted by Crippen LogP contribution is -2.42. The van der Waals surface area contributed by atoms with Crippen molar-refractivity contribution in [1.82, 2.24) is 4.90 Å². The zero-order valence-corrected chi connectivity index (χ0v) is 14.4. The number of hydrogen-bond donors (Lipinski definition) is 0. The third-order valence-electron chi connectivity index (χ3n) is 4.21. The maximum Gasteiger partial charge on any atom is 0.225 e. The molecule has 0 aliphatic carbocycles.